The predicted octanol–water partition coefficient (Wildman–Crippen LogP) is 3.96. The Labute approximate surface area is 136 Å². The monoisotopic (exact) mass is 328 g/mol. The number of benzene rings is 2. The van der Waals surface area contributed by atoms with Crippen LogP contribution in [0.4, 0.5) is 15.8 Å². The zero-order valence-corrected chi connectivity index (χ0v) is 12.6. The Bertz CT molecular complexity index is 867. The fraction of sp³-hybridized carbons (Fsp3) is 0.125. The highest BCUT2D eigenvalue weighted by Crippen LogP contribution is 2.28. The molecular formula is C16H13FN4O3. The van der Waals surface area contributed by atoms with Crippen LogP contribution >= 0.6 is 0 Å². The molecule has 3 rings (SSSR count). The van der Waals surface area contributed by atoms with Gasteiger partial charge in [-0.05, 0) is 31.2 Å². The van der Waals surface area contributed by atoms with Gasteiger partial charge in [0.05, 0.1) is 17.0 Å². The fourth-order valence-corrected chi connectivity index (χ4v) is 2.18. The third kappa shape index (κ3) is 3.22. The van der Waals surface area contributed by atoms with E-state index in [1.165, 1.54) is 6.07 Å². The first-order valence-electron chi connectivity index (χ1n) is 7.14. The van der Waals surface area contributed by atoms with Gasteiger partial charge in [-0.15, -0.1) is 0 Å². The van der Waals surface area contributed by atoms with Crippen LogP contribution in [0.1, 0.15) is 18.8 Å². The van der Waals surface area contributed by atoms with Crippen LogP contribution in [0.5, 0.6) is 0 Å². The number of nitro benzene ring substituents is 1. The van der Waals surface area contributed by atoms with E-state index in [9.17, 15) is 14.5 Å². The van der Waals surface area contributed by atoms with Crippen molar-refractivity contribution in [2.75, 3.05) is 5.32 Å². The van der Waals surface area contributed by atoms with Crippen molar-refractivity contribution in [2.24, 2.45) is 0 Å². The van der Waals surface area contributed by atoms with E-state index in [2.05, 4.69) is 15.5 Å². The van der Waals surface area contributed by atoms with Crippen molar-refractivity contribution in [3.05, 3.63) is 70.3 Å². The van der Waals surface area contributed by atoms with E-state index in [0.29, 0.717) is 11.7 Å². The van der Waals surface area contributed by atoms with Crippen LogP contribution < -0.4 is 5.32 Å². The molecule has 0 bridgehead atoms. The molecule has 1 unspecified atom stereocenters. The van der Waals surface area contributed by atoms with Gasteiger partial charge in [0.15, 0.2) is 5.82 Å². The van der Waals surface area contributed by atoms with Gasteiger partial charge in [-0.25, -0.2) is 4.39 Å². The number of aromatic nitrogens is 2. The Hall–Kier alpha value is -3.29. The van der Waals surface area contributed by atoms with Gasteiger partial charge in [-0.2, -0.15) is 4.98 Å². The number of anilines is 1. The Morgan fingerprint density at radius 1 is 1.25 bits per heavy atom. The predicted molar refractivity (Wildman–Crippen MR) is 84.8 cm³/mol. The summed E-state index contributed by atoms with van der Waals surface area (Å²) in [7, 11) is 0. The molecule has 1 aromatic heterocycles. The summed E-state index contributed by atoms with van der Waals surface area (Å²) < 4.78 is 18.4. The minimum Gasteiger partial charge on any atom is -0.370 e. The summed E-state index contributed by atoms with van der Waals surface area (Å²) in [6, 6.07) is 12.1. The zero-order chi connectivity index (χ0) is 17.1. The van der Waals surface area contributed by atoms with Gasteiger partial charge in [-0.1, -0.05) is 23.4 Å². The molecule has 122 valence electrons. The first kappa shape index (κ1) is 15.6. The Morgan fingerprint density at radius 2 is 2.00 bits per heavy atom. The molecular weight excluding hydrogens is 315 g/mol. The summed E-state index contributed by atoms with van der Waals surface area (Å²) in [5, 5.41) is 17.8. The van der Waals surface area contributed by atoms with E-state index < -0.39 is 16.8 Å². The summed E-state index contributed by atoms with van der Waals surface area (Å²) in [6.45, 7) is 1.73. The Morgan fingerprint density at radius 3 is 2.71 bits per heavy atom. The summed E-state index contributed by atoms with van der Waals surface area (Å²) in [6.07, 6.45) is 0. The first-order chi connectivity index (χ1) is 11.5. The number of nitro groups is 1. The highest BCUT2D eigenvalue weighted by Gasteiger charge is 2.20. The second kappa shape index (κ2) is 6.45. The number of hydrogen-bond donors (Lipinski definition) is 1. The van der Waals surface area contributed by atoms with Crippen molar-refractivity contribution in [1.29, 1.82) is 0 Å². The summed E-state index contributed by atoms with van der Waals surface area (Å²) in [5.41, 5.74) is 0.602. The van der Waals surface area contributed by atoms with Gasteiger partial charge in [0.2, 0.25) is 0 Å². The maximum atomic E-state index is 13.2. The van der Waals surface area contributed by atoms with Gasteiger partial charge < -0.3 is 9.84 Å². The molecule has 0 fully saturated rings. The molecule has 3 aromatic rings. The molecule has 1 atom stereocenters. The lowest BCUT2D eigenvalue weighted by atomic mass is 10.2. The first-order valence-corrected chi connectivity index (χ1v) is 7.14. The Balaban J connectivity index is 1.82. The van der Waals surface area contributed by atoms with Crippen LogP contribution in [-0.4, -0.2) is 15.1 Å². The van der Waals surface area contributed by atoms with Gasteiger partial charge in [-0.3, -0.25) is 10.1 Å². The average molecular weight is 328 g/mol. The van der Waals surface area contributed by atoms with Crippen LogP contribution in [0.3, 0.4) is 0 Å². The van der Waals surface area contributed by atoms with Gasteiger partial charge in [0.25, 0.3) is 11.6 Å². The molecule has 7 nitrogen and oxygen atoms in total. The van der Waals surface area contributed by atoms with E-state index in [4.69, 9.17) is 4.52 Å². The molecule has 0 saturated heterocycles. The minimum absolute atomic E-state index is 0.181. The molecule has 1 N–H and O–H groups in total. The molecule has 8 heteroatoms. The van der Waals surface area contributed by atoms with Crippen LogP contribution in [0.15, 0.2) is 53.1 Å². The molecule has 2 aromatic carbocycles. The third-order valence-corrected chi connectivity index (χ3v) is 3.38. The van der Waals surface area contributed by atoms with Crippen molar-refractivity contribution in [3.63, 3.8) is 0 Å². The highest BCUT2D eigenvalue weighted by atomic mass is 19.1. The molecule has 0 radical (unpaired) electrons. The second-order valence-corrected chi connectivity index (χ2v) is 5.11. The maximum absolute atomic E-state index is 13.2. The van der Waals surface area contributed by atoms with Crippen LogP contribution in [-0.2, 0) is 0 Å². The van der Waals surface area contributed by atoms with Crippen molar-refractivity contribution in [3.8, 4) is 11.5 Å². The second-order valence-electron chi connectivity index (χ2n) is 5.11. The minimum atomic E-state index is -0.675. The largest absolute Gasteiger partial charge is 0.370 e. The fourth-order valence-electron chi connectivity index (χ4n) is 2.18. The van der Waals surface area contributed by atoms with Crippen LogP contribution in [0, 0.1) is 15.9 Å². The third-order valence-electron chi connectivity index (χ3n) is 3.38. The van der Waals surface area contributed by atoms with Gasteiger partial charge in [0, 0.05) is 5.56 Å². The summed E-state index contributed by atoms with van der Waals surface area (Å²) in [4.78, 5) is 14.7. The quantitative estimate of drug-likeness (QED) is 0.563. The van der Waals surface area contributed by atoms with Crippen molar-refractivity contribution in [2.45, 2.75) is 13.0 Å². The smallest absolute Gasteiger partial charge is 0.295 e. The highest BCUT2D eigenvalue weighted by molar-refractivity contribution is 5.62. The van der Waals surface area contributed by atoms with Gasteiger partial charge in [0.1, 0.15) is 11.5 Å². The number of hydrogen-bond acceptors (Lipinski definition) is 6. The standard InChI is InChI=1S/C16H13FN4O3/c1-10(18-13-8-7-12(17)9-14(13)21(22)23)15-19-16(24-20-15)11-5-3-2-4-6-11/h2-10,18H,1H3. The zero-order valence-electron chi connectivity index (χ0n) is 12.6. The van der Waals surface area contributed by atoms with Crippen LogP contribution in [0.2, 0.25) is 0 Å². The number of nitrogens with zero attached hydrogens (tertiary/aromatic N) is 3. The van der Waals surface area contributed by atoms with E-state index in [1.807, 2.05) is 30.3 Å². The van der Waals surface area contributed by atoms with E-state index in [0.717, 1.165) is 17.7 Å². The van der Waals surface area contributed by atoms with E-state index in [1.54, 1.807) is 6.92 Å². The molecule has 0 aliphatic rings. The van der Waals surface area contributed by atoms with Gasteiger partial charge >= 0.3 is 0 Å². The summed E-state index contributed by atoms with van der Waals surface area (Å²) >= 11 is 0. The number of halogens is 1. The van der Waals surface area contributed by atoms with Crippen LogP contribution in [0.25, 0.3) is 11.5 Å². The average Bonchev–Trinajstić information content (AvgIpc) is 3.07. The van der Waals surface area contributed by atoms with E-state index in [-0.39, 0.29) is 11.4 Å². The number of nitrogens with one attached hydrogen (secondary N) is 1. The molecule has 0 amide bonds. The molecule has 0 saturated carbocycles. The maximum Gasteiger partial charge on any atom is 0.295 e. The SMILES string of the molecule is CC(Nc1ccc(F)cc1[N+](=O)[O-])c1noc(-c2ccccc2)n1. The van der Waals surface area contributed by atoms with Crippen molar-refractivity contribution in [1.82, 2.24) is 10.1 Å². The lowest BCUT2D eigenvalue weighted by molar-refractivity contribution is -0.384. The normalized spacial score (nSPS) is 11.9. The molecule has 0 aliphatic heterocycles. The Kier molecular flexibility index (Phi) is 4.19. The molecule has 0 aliphatic carbocycles. The lowest BCUT2D eigenvalue weighted by Crippen LogP contribution is -2.10. The molecule has 24 heavy (non-hydrogen) atoms. The van der Waals surface area contributed by atoms with E-state index >= 15 is 0 Å². The topological polar surface area (TPSA) is 94.1 Å². The van der Waals surface area contributed by atoms with Crippen molar-refractivity contribution < 1.29 is 13.8 Å². The van der Waals surface area contributed by atoms with Crippen molar-refractivity contribution >= 4 is 11.4 Å². The molecule has 1 heterocycles. The lowest BCUT2D eigenvalue weighted by Gasteiger charge is -2.11. The summed E-state index contributed by atoms with van der Waals surface area (Å²) in [5.74, 6) is 0.0196. The molecule has 0 spiro atoms. The number of rotatable bonds is 5.